The van der Waals surface area contributed by atoms with Crippen molar-refractivity contribution < 1.29 is 4.74 Å². The first-order chi connectivity index (χ1) is 9.19. The second-order valence-electron chi connectivity index (χ2n) is 5.17. The number of nitrogens with zero attached hydrogens (tertiary/aromatic N) is 1. The fraction of sp³-hybridized carbons (Fsp3) is 0.438. The molecule has 1 atom stereocenters. The zero-order valence-electron chi connectivity index (χ0n) is 11.9. The van der Waals surface area contributed by atoms with Crippen LogP contribution in [0.4, 0.5) is 0 Å². The maximum absolute atomic E-state index is 5.13. The van der Waals surface area contributed by atoms with Crippen LogP contribution in [0.15, 0.2) is 30.3 Å². The Morgan fingerprint density at radius 2 is 2.11 bits per heavy atom. The number of hydrogen-bond acceptors (Lipinski definition) is 3. The van der Waals surface area contributed by atoms with Gasteiger partial charge in [0.05, 0.1) is 5.52 Å². The summed E-state index contributed by atoms with van der Waals surface area (Å²) in [5.74, 6) is 0.537. The largest absolute Gasteiger partial charge is 0.384 e. The Morgan fingerprint density at radius 3 is 2.89 bits per heavy atom. The number of ether oxygens (including phenoxy) is 1. The zero-order valence-corrected chi connectivity index (χ0v) is 11.9. The molecule has 0 radical (unpaired) electrons. The van der Waals surface area contributed by atoms with E-state index in [9.17, 15) is 0 Å². The summed E-state index contributed by atoms with van der Waals surface area (Å²) < 4.78 is 5.13. The molecule has 0 amide bonds. The molecule has 0 aliphatic carbocycles. The van der Waals surface area contributed by atoms with Crippen LogP contribution in [0.5, 0.6) is 0 Å². The fourth-order valence-corrected chi connectivity index (χ4v) is 2.19. The molecule has 3 nitrogen and oxygen atoms in total. The van der Waals surface area contributed by atoms with Crippen molar-refractivity contribution in [3.63, 3.8) is 0 Å². The van der Waals surface area contributed by atoms with E-state index in [-0.39, 0.29) is 0 Å². The highest BCUT2D eigenvalue weighted by atomic mass is 16.5. The lowest BCUT2D eigenvalue weighted by atomic mass is 10.1. The number of benzene rings is 1. The van der Waals surface area contributed by atoms with Gasteiger partial charge in [0.1, 0.15) is 0 Å². The zero-order chi connectivity index (χ0) is 13.7. The minimum Gasteiger partial charge on any atom is -0.384 e. The average Bonchev–Trinajstić information content (AvgIpc) is 2.39. The van der Waals surface area contributed by atoms with E-state index in [0.717, 1.165) is 30.9 Å². The van der Waals surface area contributed by atoms with Gasteiger partial charge >= 0.3 is 0 Å². The standard InChI is InChI=1S/C16H22N2O/c1-12(11-19-3)9-17-10-14-5-7-16-15(8-14)6-4-13(2)18-16/h4-8,12,17H,9-11H2,1-3H3. The van der Waals surface area contributed by atoms with Crippen LogP contribution < -0.4 is 5.32 Å². The molecular formula is C16H22N2O. The first kappa shape index (κ1) is 14.0. The maximum atomic E-state index is 5.13. The molecule has 2 aromatic rings. The van der Waals surface area contributed by atoms with E-state index in [0.29, 0.717) is 5.92 Å². The van der Waals surface area contributed by atoms with Gasteiger partial charge in [0, 0.05) is 37.9 Å². The van der Waals surface area contributed by atoms with Gasteiger partial charge in [-0.15, -0.1) is 0 Å². The topological polar surface area (TPSA) is 34.1 Å². The number of aryl methyl sites for hydroxylation is 1. The van der Waals surface area contributed by atoms with E-state index in [1.165, 1.54) is 10.9 Å². The summed E-state index contributed by atoms with van der Waals surface area (Å²) in [5, 5.41) is 4.67. The van der Waals surface area contributed by atoms with Crippen molar-refractivity contribution in [2.75, 3.05) is 20.3 Å². The first-order valence-electron chi connectivity index (χ1n) is 6.75. The fourth-order valence-electron chi connectivity index (χ4n) is 2.19. The molecule has 102 valence electrons. The van der Waals surface area contributed by atoms with Crippen LogP contribution in [0.1, 0.15) is 18.2 Å². The summed E-state index contributed by atoms with van der Waals surface area (Å²) in [4.78, 5) is 4.51. The molecule has 3 heteroatoms. The Hall–Kier alpha value is -1.45. The average molecular weight is 258 g/mol. The van der Waals surface area contributed by atoms with E-state index >= 15 is 0 Å². The third-order valence-electron chi connectivity index (χ3n) is 3.17. The third kappa shape index (κ3) is 4.01. The summed E-state index contributed by atoms with van der Waals surface area (Å²) in [6.07, 6.45) is 0. The summed E-state index contributed by atoms with van der Waals surface area (Å²) in [6.45, 7) is 6.86. The Labute approximate surface area is 115 Å². The van der Waals surface area contributed by atoms with Crippen LogP contribution in [0.2, 0.25) is 0 Å². The molecule has 0 fully saturated rings. The summed E-state index contributed by atoms with van der Waals surface area (Å²) in [5.41, 5.74) is 3.42. The van der Waals surface area contributed by atoms with Crippen LogP contribution in [0.3, 0.4) is 0 Å². The van der Waals surface area contributed by atoms with Crippen LogP contribution in [0, 0.1) is 12.8 Å². The van der Waals surface area contributed by atoms with Crippen molar-refractivity contribution in [3.8, 4) is 0 Å². The molecule has 0 spiro atoms. The van der Waals surface area contributed by atoms with Gasteiger partial charge in [0.25, 0.3) is 0 Å². The highest BCUT2D eigenvalue weighted by Gasteiger charge is 2.02. The normalized spacial score (nSPS) is 12.8. The second kappa shape index (κ2) is 6.64. The van der Waals surface area contributed by atoms with Crippen LogP contribution in [-0.4, -0.2) is 25.2 Å². The smallest absolute Gasteiger partial charge is 0.0705 e. The molecule has 1 N–H and O–H groups in total. The molecule has 0 bridgehead atoms. The van der Waals surface area contributed by atoms with Gasteiger partial charge in [-0.2, -0.15) is 0 Å². The van der Waals surface area contributed by atoms with Crippen LogP contribution in [-0.2, 0) is 11.3 Å². The number of hydrogen-bond donors (Lipinski definition) is 1. The molecule has 1 heterocycles. The molecule has 0 saturated carbocycles. The highest BCUT2D eigenvalue weighted by Crippen LogP contribution is 2.14. The van der Waals surface area contributed by atoms with E-state index in [2.05, 4.69) is 47.6 Å². The van der Waals surface area contributed by atoms with E-state index in [1.807, 2.05) is 6.92 Å². The van der Waals surface area contributed by atoms with Crippen molar-refractivity contribution in [1.29, 1.82) is 0 Å². The molecule has 1 unspecified atom stereocenters. The molecule has 0 aliphatic heterocycles. The van der Waals surface area contributed by atoms with Crippen molar-refractivity contribution >= 4 is 10.9 Å². The summed E-state index contributed by atoms with van der Waals surface area (Å²) in [7, 11) is 1.74. The number of aromatic nitrogens is 1. The van der Waals surface area contributed by atoms with E-state index in [1.54, 1.807) is 7.11 Å². The van der Waals surface area contributed by atoms with Crippen LogP contribution >= 0.6 is 0 Å². The number of pyridine rings is 1. The van der Waals surface area contributed by atoms with Crippen molar-refractivity contribution in [2.45, 2.75) is 20.4 Å². The quantitative estimate of drug-likeness (QED) is 0.865. The Balaban J connectivity index is 1.96. The lowest BCUT2D eigenvalue weighted by Crippen LogP contribution is -2.23. The molecule has 0 aliphatic rings. The number of methoxy groups -OCH3 is 1. The van der Waals surface area contributed by atoms with Gasteiger partial charge < -0.3 is 10.1 Å². The molecule has 0 saturated heterocycles. The Morgan fingerprint density at radius 1 is 1.26 bits per heavy atom. The first-order valence-corrected chi connectivity index (χ1v) is 6.75. The van der Waals surface area contributed by atoms with E-state index in [4.69, 9.17) is 4.74 Å². The lowest BCUT2D eigenvalue weighted by molar-refractivity contribution is 0.158. The molecular weight excluding hydrogens is 236 g/mol. The monoisotopic (exact) mass is 258 g/mol. The number of nitrogens with one attached hydrogen (secondary N) is 1. The van der Waals surface area contributed by atoms with Crippen molar-refractivity contribution in [3.05, 3.63) is 41.6 Å². The molecule has 1 aromatic carbocycles. The number of fused-ring (bicyclic) bond motifs is 1. The molecule has 1 aromatic heterocycles. The number of rotatable bonds is 6. The third-order valence-corrected chi connectivity index (χ3v) is 3.17. The van der Waals surface area contributed by atoms with Gasteiger partial charge in [-0.05, 0) is 36.6 Å². The van der Waals surface area contributed by atoms with Crippen molar-refractivity contribution in [1.82, 2.24) is 10.3 Å². The summed E-state index contributed by atoms with van der Waals surface area (Å²) >= 11 is 0. The SMILES string of the molecule is COCC(C)CNCc1ccc2nc(C)ccc2c1. The minimum absolute atomic E-state index is 0.537. The van der Waals surface area contributed by atoms with Gasteiger partial charge in [-0.25, -0.2) is 0 Å². The van der Waals surface area contributed by atoms with Crippen molar-refractivity contribution in [2.24, 2.45) is 5.92 Å². The van der Waals surface area contributed by atoms with Gasteiger partial charge in [0.15, 0.2) is 0 Å². The second-order valence-corrected chi connectivity index (χ2v) is 5.17. The van der Waals surface area contributed by atoms with Gasteiger partial charge in [0.2, 0.25) is 0 Å². The Bertz CT molecular complexity index is 539. The lowest BCUT2D eigenvalue weighted by Gasteiger charge is -2.11. The van der Waals surface area contributed by atoms with Gasteiger partial charge in [-0.3, -0.25) is 4.98 Å². The summed E-state index contributed by atoms with van der Waals surface area (Å²) in [6, 6.07) is 10.6. The predicted molar refractivity (Wildman–Crippen MR) is 79.2 cm³/mol. The van der Waals surface area contributed by atoms with E-state index < -0.39 is 0 Å². The molecule has 19 heavy (non-hydrogen) atoms. The van der Waals surface area contributed by atoms with Gasteiger partial charge in [-0.1, -0.05) is 19.1 Å². The van der Waals surface area contributed by atoms with Crippen LogP contribution in [0.25, 0.3) is 10.9 Å². The Kier molecular flexibility index (Phi) is 4.88. The highest BCUT2D eigenvalue weighted by molar-refractivity contribution is 5.79. The predicted octanol–water partition coefficient (Wildman–Crippen LogP) is 2.92. The molecule has 2 rings (SSSR count). The minimum atomic E-state index is 0.537. The maximum Gasteiger partial charge on any atom is 0.0705 e.